The molecule has 0 radical (unpaired) electrons. The molecule has 2 rings (SSSR count). The lowest BCUT2D eigenvalue weighted by Gasteiger charge is -2.09. The van der Waals surface area contributed by atoms with Crippen molar-refractivity contribution in [3.8, 4) is 11.1 Å². The Labute approximate surface area is 132 Å². The molecule has 19 heavy (non-hydrogen) atoms. The first kappa shape index (κ1) is 15.0. The van der Waals surface area contributed by atoms with Crippen LogP contribution in [0.25, 0.3) is 11.1 Å². The molecular formula is C14H11Cl4N. The van der Waals surface area contributed by atoms with Gasteiger partial charge in [-0.3, -0.25) is 0 Å². The van der Waals surface area contributed by atoms with Crippen LogP contribution in [-0.2, 0) is 6.42 Å². The SMILES string of the molecule is NCCc1ccc(-c2cc(Cl)c(Cl)cc2Cl)cc1Cl. The van der Waals surface area contributed by atoms with E-state index in [1.54, 1.807) is 12.1 Å². The van der Waals surface area contributed by atoms with Crippen molar-refractivity contribution in [2.45, 2.75) is 6.42 Å². The minimum atomic E-state index is 0.432. The second kappa shape index (κ2) is 6.34. The Hall–Kier alpha value is -0.440. The van der Waals surface area contributed by atoms with Crippen molar-refractivity contribution in [1.82, 2.24) is 0 Å². The molecule has 1 nitrogen and oxygen atoms in total. The molecule has 2 aromatic carbocycles. The van der Waals surface area contributed by atoms with Gasteiger partial charge in [-0.1, -0.05) is 58.5 Å². The predicted molar refractivity (Wildman–Crippen MR) is 84.7 cm³/mol. The smallest absolute Gasteiger partial charge is 0.0607 e. The van der Waals surface area contributed by atoms with Crippen LogP contribution in [0.5, 0.6) is 0 Å². The molecule has 0 saturated heterocycles. The van der Waals surface area contributed by atoms with Gasteiger partial charge in [0.1, 0.15) is 0 Å². The number of hydrogen-bond acceptors (Lipinski definition) is 1. The number of rotatable bonds is 3. The van der Waals surface area contributed by atoms with E-state index in [1.807, 2.05) is 18.2 Å². The van der Waals surface area contributed by atoms with Crippen LogP contribution in [0.15, 0.2) is 30.3 Å². The molecule has 0 atom stereocenters. The summed E-state index contributed by atoms with van der Waals surface area (Å²) < 4.78 is 0. The quantitative estimate of drug-likeness (QED) is 0.740. The van der Waals surface area contributed by atoms with Crippen LogP contribution in [0.1, 0.15) is 5.56 Å². The van der Waals surface area contributed by atoms with Crippen LogP contribution in [0.4, 0.5) is 0 Å². The molecule has 0 aliphatic heterocycles. The maximum atomic E-state index is 6.22. The van der Waals surface area contributed by atoms with Gasteiger partial charge in [-0.15, -0.1) is 0 Å². The van der Waals surface area contributed by atoms with E-state index in [2.05, 4.69) is 0 Å². The minimum Gasteiger partial charge on any atom is -0.330 e. The Morgan fingerprint density at radius 1 is 0.789 bits per heavy atom. The summed E-state index contributed by atoms with van der Waals surface area (Å²) >= 11 is 24.3. The van der Waals surface area contributed by atoms with Crippen molar-refractivity contribution in [3.05, 3.63) is 56.0 Å². The molecule has 0 fully saturated rings. The molecule has 0 heterocycles. The Bertz CT molecular complexity index is 611. The third kappa shape index (κ3) is 3.36. The summed E-state index contributed by atoms with van der Waals surface area (Å²) in [6.07, 6.45) is 0.744. The van der Waals surface area contributed by atoms with E-state index in [0.717, 1.165) is 23.1 Å². The number of halogens is 4. The van der Waals surface area contributed by atoms with Crippen molar-refractivity contribution >= 4 is 46.4 Å². The van der Waals surface area contributed by atoms with E-state index in [4.69, 9.17) is 52.1 Å². The third-order valence-corrected chi connectivity index (χ3v) is 4.17. The highest BCUT2D eigenvalue weighted by atomic mass is 35.5. The fourth-order valence-corrected chi connectivity index (χ4v) is 2.75. The Balaban J connectivity index is 2.48. The highest BCUT2D eigenvalue weighted by molar-refractivity contribution is 6.44. The summed E-state index contributed by atoms with van der Waals surface area (Å²) in [5.41, 5.74) is 8.25. The zero-order chi connectivity index (χ0) is 14.0. The molecular weight excluding hydrogens is 324 g/mol. The van der Waals surface area contributed by atoms with Gasteiger partial charge in [-0.2, -0.15) is 0 Å². The number of benzene rings is 2. The Morgan fingerprint density at radius 3 is 2.11 bits per heavy atom. The van der Waals surface area contributed by atoms with Crippen LogP contribution in [0.2, 0.25) is 20.1 Å². The van der Waals surface area contributed by atoms with Gasteiger partial charge in [-0.05, 0) is 42.3 Å². The van der Waals surface area contributed by atoms with E-state index >= 15 is 0 Å². The fourth-order valence-electron chi connectivity index (χ4n) is 1.82. The summed E-state index contributed by atoms with van der Waals surface area (Å²) in [7, 11) is 0. The highest BCUT2D eigenvalue weighted by Crippen LogP contribution is 2.36. The van der Waals surface area contributed by atoms with Crippen molar-refractivity contribution < 1.29 is 0 Å². The lowest BCUT2D eigenvalue weighted by Crippen LogP contribution is -2.03. The van der Waals surface area contributed by atoms with Gasteiger partial charge in [-0.25, -0.2) is 0 Å². The molecule has 100 valence electrons. The van der Waals surface area contributed by atoms with Crippen LogP contribution in [0, 0.1) is 0 Å². The molecule has 0 spiro atoms. The van der Waals surface area contributed by atoms with Gasteiger partial charge in [0.05, 0.1) is 10.0 Å². The lowest BCUT2D eigenvalue weighted by atomic mass is 10.0. The largest absolute Gasteiger partial charge is 0.330 e. The number of hydrogen-bond donors (Lipinski definition) is 1. The van der Waals surface area contributed by atoms with Gasteiger partial charge in [0.25, 0.3) is 0 Å². The predicted octanol–water partition coefficient (Wildman–Crippen LogP) is 5.47. The van der Waals surface area contributed by atoms with Crippen LogP contribution >= 0.6 is 46.4 Å². The average molecular weight is 335 g/mol. The van der Waals surface area contributed by atoms with E-state index in [-0.39, 0.29) is 0 Å². The second-order valence-electron chi connectivity index (χ2n) is 4.09. The van der Waals surface area contributed by atoms with Crippen molar-refractivity contribution in [3.63, 3.8) is 0 Å². The van der Waals surface area contributed by atoms with E-state index in [9.17, 15) is 0 Å². The number of nitrogens with two attached hydrogens (primary N) is 1. The summed E-state index contributed by atoms with van der Waals surface area (Å²) in [5, 5.41) is 2.10. The molecule has 0 bridgehead atoms. The Morgan fingerprint density at radius 2 is 1.47 bits per heavy atom. The van der Waals surface area contributed by atoms with Crippen molar-refractivity contribution in [2.24, 2.45) is 5.73 Å². The summed E-state index contributed by atoms with van der Waals surface area (Å²) in [6.45, 7) is 0.562. The molecule has 0 amide bonds. The molecule has 0 unspecified atom stereocenters. The molecule has 5 heteroatoms. The molecule has 2 N–H and O–H groups in total. The zero-order valence-corrected chi connectivity index (χ0v) is 12.9. The Kier molecular flexibility index (Phi) is 4.99. The topological polar surface area (TPSA) is 26.0 Å². The van der Waals surface area contributed by atoms with E-state index in [0.29, 0.717) is 26.6 Å². The highest BCUT2D eigenvalue weighted by Gasteiger charge is 2.10. The zero-order valence-electron chi connectivity index (χ0n) is 9.89. The summed E-state index contributed by atoms with van der Waals surface area (Å²) in [5.74, 6) is 0. The summed E-state index contributed by atoms with van der Waals surface area (Å²) in [4.78, 5) is 0. The van der Waals surface area contributed by atoms with Crippen LogP contribution < -0.4 is 5.73 Å². The fraction of sp³-hybridized carbons (Fsp3) is 0.143. The van der Waals surface area contributed by atoms with E-state index < -0.39 is 0 Å². The maximum Gasteiger partial charge on any atom is 0.0607 e. The van der Waals surface area contributed by atoms with Crippen LogP contribution in [0.3, 0.4) is 0 Å². The first-order valence-corrected chi connectivity index (χ1v) is 7.17. The van der Waals surface area contributed by atoms with E-state index in [1.165, 1.54) is 0 Å². The first-order chi connectivity index (χ1) is 9.02. The average Bonchev–Trinajstić information content (AvgIpc) is 2.36. The molecule has 0 aromatic heterocycles. The van der Waals surface area contributed by atoms with Crippen LogP contribution in [-0.4, -0.2) is 6.54 Å². The molecule has 2 aromatic rings. The van der Waals surface area contributed by atoms with Gasteiger partial charge < -0.3 is 5.73 Å². The van der Waals surface area contributed by atoms with Crippen molar-refractivity contribution in [1.29, 1.82) is 0 Å². The molecule has 0 saturated carbocycles. The lowest BCUT2D eigenvalue weighted by molar-refractivity contribution is 0.969. The molecule has 0 aliphatic carbocycles. The normalized spacial score (nSPS) is 10.8. The maximum absolute atomic E-state index is 6.22. The second-order valence-corrected chi connectivity index (χ2v) is 5.72. The minimum absolute atomic E-state index is 0.432. The van der Waals surface area contributed by atoms with Gasteiger partial charge >= 0.3 is 0 Å². The van der Waals surface area contributed by atoms with Gasteiger partial charge in [0, 0.05) is 15.6 Å². The molecule has 0 aliphatic rings. The van der Waals surface area contributed by atoms with Gasteiger partial charge in [0.15, 0.2) is 0 Å². The summed E-state index contributed by atoms with van der Waals surface area (Å²) in [6, 6.07) is 9.12. The van der Waals surface area contributed by atoms with Gasteiger partial charge in [0.2, 0.25) is 0 Å². The first-order valence-electron chi connectivity index (χ1n) is 5.66. The monoisotopic (exact) mass is 333 g/mol. The van der Waals surface area contributed by atoms with Crippen molar-refractivity contribution in [2.75, 3.05) is 6.54 Å². The third-order valence-electron chi connectivity index (χ3n) is 2.79. The standard InChI is InChI=1S/C14H11Cl4N/c15-11-5-9(2-1-8(11)3-4-19)10-6-13(17)14(18)7-12(10)16/h1-2,5-7H,3-4,19H2.